The molecule has 174 valence electrons. The van der Waals surface area contributed by atoms with Crippen LogP contribution < -0.4 is 14.1 Å². The molecule has 1 fully saturated rings. The molecule has 1 aliphatic carbocycles. The van der Waals surface area contributed by atoms with E-state index >= 15 is 0 Å². The number of benzene rings is 2. The maximum absolute atomic E-state index is 13.6. The lowest BCUT2D eigenvalue weighted by Crippen LogP contribution is -2.36. The second-order valence-electron chi connectivity index (χ2n) is 7.84. The molecule has 0 heterocycles. The minimum Gasteiger partial charge on any atom is -0.462 e. The van der Waals surface area contributed by atoms with Crippen molar-refractivity contribution in [2.75, 3.05) is 0 Å². The molecular formula is C23H25N2O7P. The second kappa shape index (κ2) is 10.5. The molecule has 0 radical (unpaired) electrons. The van der Waals surface area contributed by atoms with Crippen molar-refractivity contribution in [1.82, 2.24) is 5.09 Å². The van der Waals surface area contributed by atoms with Crippen LogP contribution in [0.5, 0.6) is 11.5 Å². The van der Waals surface area contributed by atoms with Gasteiger partial charge in [0.15, 0.2) is 0 Å². The summed E-state index contributed by atoms with van der Waals surface area (Å²) < 4.78 is 29.9. The van der Waals surface area contributed by atoms with Gasteiger partial charge in [-0.1, -0.05) is 11.8 Å². The Morgan fingerprint density at radius 1 is 1.06 bits per heavy atom. The summed E-state index contributed by atoms with van der Waals surface area (Å²) in [5, 5.41) is 13.4. The molecule has 1 saturated carbocycles. The zero-order valence-corrected chi connectivity index (χ0v) is 19.4. The van der Waals surface area contributed by atoms with Crippen molar-refractivity contribution in [1.29, 1.82) is 0 Å². The van der Waals surface area contributed by atoms with Gasteiger partial charge in [0.1, 0.15) is 17.5 Å². The first-order valence-electron chi connectivity index (χ1n) is 10.5. The normalized spacial score (nSPS) is 15.5. The first-order chi connectivity index (χ1) is 15.6. The van der Waals surface area contributed by atoms with Gasteiger partial charge in [0.25, 0.3) is 5.69 Å². The lowest BCUT2D eigenvalue weighted by atomic mass is 10.2. The zero-order valence-electron chi connectivity index (χ0n) is 18.5. The summed E-state index contributed by atoms with van der Waals surface area (Å²) in [6.07, 6.45) is 1.89. The summed E-state index contributed by atoms with van der Waals surface area (Å²) in [5.74, 6) is 6.36. The van der Waals surface area contributed by atoms with Gasteiger partial charge in [0.05, 0.1) is 11.0 Å². The van der Waals surface area contributed by atoms with Gasteiger partial charge in [-0.3, -0.25) is 14.9 Å². The van der Waals surface area contributed by atoms with Crippen molar-refractivity contribution in [3.05, 3.63) is 64.2 Å². The van der Waals surface area contributed by atoms with Crippen molar-refractivity contribution in [3.8, 4) is 23.3 Å². The molecule has 1 aliphatic rings. The summed E-state index contributed by atoms with van der Waals surface area (Å²) >= 11 is 0. The van der Waals surface area contributed by atoms with Crippen LogP contribution in [0.3, 0.4) is 0 Å². The highest BCUT2D eigenvalue weighted by Gasteiger charge is 2.34. The zero-order chi connectivity index (χ0) is 24.0. The van der Waals surface area contributed by atoms with E-state index in [-0.39, 0.29) is 23.3 Å². The van der Waals surface area contributed by atoms with E-state index in [1.54, 1.807) is 38.1 Å². The van der Waals surface area contributed by atoms with E-state index in [1.807, 2.05) is 0 Å². The Morgan fingerprint density at radius 3 is 2.09 bits per heavy atom. The fraction of sp³-hybridized carbons (Fsp3) is 0.348. The van der Waals surface area contributed by atoms with Gasteiger partial charge >= 0.3 is 13.7 Å². The highest BCUT2D eigenvalue weighted by Crippen LogP contribution is 2.45. The van der Waals surface area contributed by atoms with Crippen LogP contribution in [0, 0.1) is 27.9 Å². The van der Waals surface area contributed by atoms with Crippen molar-refractivity contribution in [3.63, 3.8) is 0 Å². The Balaban J connectivity index is 1.79. The molecular weight excluding hydrogens is 447 g/mol. The molecule has 9 nitrogen and oxygen atoms in total. The predicted molar refractivity (Wildman–Crippen MR) is 122 cm³/mol. The number of rotatable bonds is 9. The first kappa shape index (κ1) is 24.3. The van der Waals surface area contributed by atoms with E-state index in [1.165, 1.54) is 31.2 Å². The van der Waals surface area contributed by atoms with Gasteiger partial charge in [-0.25, -0.2) is 4.57 Å². The molecule has 1 unspecified atom stereocenters. The molecule has 2 aromatic rings. The predicted octanol–water partition coefficient (Wildman–Crippen LogP) is 4.85. The third-order valence-electron chi connectivity index (χ3n) is 4.41. The van der Waals surface area contributed by atoms with E-state index in [0.29, 0.717) is 5.92 Å². The summed E-state index contributed by atoms with van der Waals surface area (Å²) in [6.45, 7) is 4.86. The number of ether oxygens (including phenoxy) is 1. The number of carbonyl (C=O) groups excluding carboxylic acids is 1. The largest absolute Gasteiger partial charge is 0.513 e. The van der Waals surface area contributed by atoms with Crippen LogP contribution in [0.2, 0.25) is 0 Å². The fourth-order valence-corrected chi connectivity index (χ4v) is 4.13. The van der Waals surface area contributed by atoms with E-state index < -0.39 is 24.7 Å². The smallest absolute Gasteiger partial charge is 0.462 e. The molecule has 33 heavy (non-hydrogen) atoms. The van der Waals surface area contributed by atoms with Gasteiger partial charge < -0.3 is 13.8 Å². The van der Waals surface area contributed by atoms with Crippen LogP contribution in [0.1, 0.15) is 39.2 Å². The van der Waals surface area contributed by atoms with Crippen molar-refractivity contribution >= 4 is 19.4 Å². The minimum absolute atomic E-state index is 0.0628. The Hall–Kier alpha value is -3.34. The van der Waals surface area contributed by atoms with Gasteiger partial charge in [-0.2, -0.15) is 5.09 Å². The highest BCUT2D eigenvalue weighted by atomic mass is 31.2. The Morgan fingerprint density at radius 2 is 1.61 bits per heavy atom. The number of nitrogens with zero attached hydrogens (tertiary/aromatic N) is 1. The quantitative estimate of drug-likeness (QED) is 0.181. The number of non-ortho nitro benzene ring substituents is 1. The maximum Gasteiger partial charge on any atom is 0.513 e. The standard InChI is InChI=1S/C23H25N2O7P/c1-16(2)30-23(26)17(3)24-33(29,32-22-14-10-20(11-15-22)25(27)28)31-21-12-8-19(9-13-21)7-6-18-4-5-18/h8-18H,4-5H2,1-3H3,(H,24,29)/t17-,33?/m0/s1. The SMILES string of the molecule is CC(C)OC(=O)[C@H](C)NP(=O)(Oc1ccc(C#CC2CC2)cc1)Oc1ccc([N+](=O)[O-])cc1. The number of nitrogens with one attached hydrogen (secondary N) is 1. The molecule has 0 aliphatic heterocycles. The molecule has 10 heteroatoms. The van der Waals surface area contributed by atoms with Crippen molar-refractivity contribution in [2.45, 2.75) is 45.8 Å². The highest BCUT2D eigenvalue weighted by molar-refractivity contribution is 7.52. The fourth-order valence-electron chi connectivity index (χ4n) is 2.61. The molecule has 1 N–H and O–H groups in total. The van der Waals surface area contributed by atoms with Crippen LogP contribution in [0.15, 0.2) is 48.5 Å². The summed E-state index contributed by atoms with van der Waals surface area (Å²) in [6, 6.07) is 10.7. The third-order valence-corrected chi connectivity index (χ3v) is 6.01. The number of hydrogen-bond donors (Lipinski definition) is 1. The summed E-state index contributed by atoms with van der Waals surface area (Å²) in [5.41, 5.74) is 0.644. The topological polar surface area (TPSA) is 117 Å². The van der Waals surface area contributed by atoms with Gasteiger partial charge in [-0.15, -0.1) is 0 Å². The lowest BCUT2D eigenvalue weighted by Gasteiger charge is -2.23. The van der Waals surface area contributed by atoms with Gasteiger partial charge in [0.2, 0.25) is 0 Å². The second-order valence-corrected chi connectivity index (χ2v) is 9.45. The Bertz CT molecular complexity index is 1100. The number of nitro groups is 1. The molecule has 2 atom stereocenters. The molecule has 0 saturated heterocycles. The van der Waals surface area contributed by atoms with E-state index in [2.05, 4.69) is 16.9 Å². The molecule has 3 rings (SSSR count). The number of hydrogen-bond acceptors (Lipinski definition) is 7. The molecule has 0 amide bonds. The average molecular weight is 472 g/mol. The van der Waals surface area contributed by atoms with Gasteiger partial charge in [0, 0.05) is 23.6 Å². The summed E-state index contributed by atoms with van der Waals surface area (Å²) in [4.78, 5) is 22.5. The number of carbonyl (C=O) groups is 1. The van der Waals surface area contributed by atoms with Crippen LogP contribution in [-0.4, -0.2) is 23.0 Å². The van der Waals surface area contributed by atoms with Crippen molar-refractivity contribution in [2.24, 2.45) is 5.92 Å². The maximum atomic E-state index is 13.6. The Kier molecular flexibility index (Phi) is 7.75. The van der Waals surface area contributed by atoms with Crippen LogP contribution >= 0.6 is 7.75 Å². The summed E-state index contributed by atoms with van der Waals surface area (Å²) in [7, 11) is -4.15. The van der Waals surface area contributed by atoms with E-state index in [4.69, 9.17) is 13.8 Å². The minimum atomic E-state index is -4.15. The Labute approximate surface area is 192 Å². The van der Waals surface area contributed by atoms with E-state index in [9.17, 15) is 19.5 Å². The van der Waals surface area contributed by atoms with Gasteiger partial charge in [-0.05, 0) is 70.0 Å². The van der Waals surface area contributed by atoms with E-state index in [0.717, 1.165) is 18.4 Å². The molecule has 0 bridgehead atoms. The van der Waals surface area contributed by atoms with Crippen LogP contribution in [-0.2, 0) is 14.1 Å². The first-order valence-corrected chi connectivity index (χ1v) is 12.0. The van der Waals surface area contributed by atoms with Crippen molar-refractivity contribution < 1.29 is 28.1 Å². The number of esters is 1. The molecule has 0 spiro atoms. The molecule has 0 aromatic heterocycles. The monoisotopic (exact) mass is 472 g/mol. The molecule has 2 aromatic carbocycles. The number of nitro benzene ring substituents is 1. The van der Waals surface area contributed by atoms with Crippen LogP contribution in [0.25, 0.3) is 0 Å². The lowest BCUT2D eigenvalue weighted by molar-refractivity contribution is -0.384. The average Bonchev–Trinajstić information content (AvgIpc) is 3.57. The third kappa shape index (κ3) is 7.63. The van der Waals surface area contributed by atoms with Crippen LogP contribution in [0.4, 0.5) is 5.69 Å².